The van der Waals surface area contributed by atoms with Crippen molar-refractivity contribution in [3.63, 3.8) is 0 Å². The first-order valence-electron chi connectivity index (χ1n) is 9.97. The lowest BCUT2D eigenvalue weighted by atomic mass is 10.1. The van der Waals surface area contributed by atoms with E-state index < -0.39 is 17.8 Å². The van der Waals surface area contributed by atoms with E-state index in [1.165, 1.54) is 36.3 Å². The molecule has 4 aromatic rings. The van der Waals surface area contributed by atoms with Gasteiger partial charge in [-0.05, 0) is 49.7 Å². The number of anilines is 2. The normalized spacial score (nSPS) is 11.5. The SMILES string of the molecule is CCc1c(C)nc2ncnn2c1Sc1ccc(NC(=O)Nc2ccccc2C(F)(F)F)cc1. The van der Waals surface area contributed by atoms with Crippen LogP contribution in [0.15, 0.2) is 64.8 Å². The van der Waals surface area contributed by atoms with Gasteiger partial charge in [-0.1, -0.05) is 30.8 Å². The van der Waals surface area contributed by atoms with Gasteiger partial charge in [0.1, 0.15) is 11.4 Å². The molecular formula is C22H19F3N6OS. The Bertz CT molecular complexity index is 1300. The summed E-state index contributed by atoms with van der Waals surface area (Å²) in [4.78, 5) is 21.8. The van der Waals surface area contributed by atoms with Crippen molar-refractivity contribution in [1.29, 1.82) is 0 Å². The number of carbonyl (C=O) groups excluding carboxylic acids is 1. The van der Waals surface area contributed by atoms with Gasteiger partial charge in [0.2, 0.25) is 0 Å². The van der Waals surface area contributed by atoms with Gasteiger partial charge in [0.25, 0.3) is 5.78 Å². The fourth-order valence-electron chi connectivity index (χ4n) is 3.31. The quantitative estimate of drug-likeness (QED) is 0.358. The van der Waals surface area contributed by atoms with Crippen LogP contribution in [0, 0.1) is 6.92 Å². The summed E-state index contributed by atoms with van der Waals surface area (Å²) < 4.78 is 41.0. The van der Waals surface area contributed by atoms with Crippen molar-refractivity contribution >= 4 is 34.9 Å². The Balaban J connectivity index is 1.49. The van der Waals surface area contributed by atoms with Crippen molar-refractivity contribution in [3.05, 3.63) is 71.7 Å². The molecule has 33 heavy (non-hydrogen) atoms. The van der Waals surface area contributed by atoms with Crippen LogP contribution in [0.25, 0.3) is 5.78 Å². The smallest absolute Gasteiger partial charge is 0.308 e. The molecule has 0 atom stereocenters. The van der Waals surface area contributed by atoms with Crippen LogP contribution >= 0.6 is 11.8 Å². The Morgan fingerprint density at radius 1 is 1.09 bits per heavy atom. The zero-order chi connectivity index (χ0) is 23.6. The summed E-state index contributed by atoms with van der Waals surface area (Å²) in [5.74, 6) is 0.515. The minimum Gasteiger partial charge on any atom is -0.308 e. The lowest BCUT2D eigenvalue weighted by molar-refractivity contribution is -0.136. The van der Waals surface area contributed by atoms with Crippen LogP contribution in [0.3, 0.4) is 0 Å². The van der Waals surface area contributed by atoms with E-state index in [9.17, 15) is 18.0 Å². The Labute approximate surface area is 191 Å². The zero-order valence-corrected chi connectivity index (χ0v) is 18.5. The van der Waals surface area contributed by atoms with Crippen LogP contribution in [0.2, 0.25) is 0 Å². The minimum atomic E-state index is -4.57. The second kappa shape index (κ2) is 9.10. The number of amides is 2. The number of aryl methyl sites for hydroxylation is 1. The molecule has 2 aromatic carbocycles. The summed E-state index contributed by atoms with van der Waals surface area (Å²) in [5, 5.41) is 9.98. The number of urea groups is 1. The van der Waals surface area contributed by atoms with E-state index in [1.54, 1.807) is 16.6 Å². The zero-order valence-electron chi connectivity index (χ0n) is 17.6. The molecule has 2 aromatic heterocycles. The highest BCUT2D eigenvalue weighted by Gasteiger charge is 2.33. The Kier molecular flexibility index (Phi) is 6.23. The molecule has 2 heterocycles. The van der Waals surface area contributed by atoms with Gasteiger partial charge in [0.05, 0.1) is 11.3 Å². The van der Waals surface area contributed by atoms with Gasteiger partial charge in [-0.2, -0.15) is 27.8 Å². The lowest BCUT2D eigenvalue weighted by Gasteiger charge is -2.14. The number of fused-ring (bicyclic) bond motifs is 1. The summed E-state index contributed by atoms with van der Waals surface area (Å²) >= 11 is 1.49. The van der Waals surface area contributed by atoms with Gasteiger partial charge in [-0.15, -0.1) is 0 Å². The van der Waals surface area contributed by atoms with Crippen LogP contribution in [-0.4, -0.2) is 25.6 Å². The molecule has 0 aliphatic rings. The van der Waals surface area contributed by atoms with E-state index >= 15 is 0 Å². The minimum absolute atomic E-state index is 0.313. The van der Waals surface area contributed by atoms with Crippen molar-refractivity contribution in [2.75, 3.05) is 10.6 Å². The number of alkyl halides is 3. The second-order valence-electron chi connectivity index (χ2n) is 7.06. The molecule has 11 heteroatoms. The first-order chi connectivity index (χ1) is 15.8. The van der Waals surface area contributed by atoms with Gasteiger partial charge in [-0.3, -0.25) is 0 Å². The molecule has 0 radical (unpaired) electrons. The summed E-state index contributed by atoms with van der Waals surface area (Å²) in [6, 6.07) is 11.0. The maximum absolute atomic E-state index is 13.1. The summed E-state index contributed by atoms with van der Waals surface area (Å²) in [5.41, 5.74) is 1.16. The van der Waals surface area contributed by atoms with Gasteiger partial charge in [0.15, 0.2) is 0 Å². The highest BCUT2D eigenvalue weighted by molar-refractivity contribution is 7.99. The van der Waals surface area contributed by atoms with Crippen molar-refractivity contribution < 1.29 is 18.0 Å². The fraction of sp³-hybridized carbons (Fsp3) is 0.182. The summed E-state index contributed by atoms with van der Waals surface area (Å²) in [6.45, 7) is 3.97. The monoisotopic (exact) mass is 472 g/mol. The van der Waals surface area contributed by atoms with E-state index in [0.29, 0.717) is 11.5 Å². The van der Waals surface area contributed by atoms with Crippen LogP contribution in [0.4, 0.5) is 29.3 Å². The Morgan fingerprint density at radius 3 is 2.52 bits per heavy atom. The first-order valence-corrected chi connectivity index (χ1v) is 10.8. The lowest BCUT2D eigenvalue weighted by Crippen LogP contribution is -2.21. The fourth-order valence-corrected chi connectivity index (χ4v) is 4.43. The summed E-state index contributed by atoms with van der Waals surface area (Å²) in [7, 11) is 0. The third kappa shape index (κ3) is 4.92. The number of aromatic nitrogens is 4. The second-order valence-corrected chi connectivity index (χ2v) is 8.12. The molecule has 2 amide bonds. The van der Waals surface area contributed by atoms with Gasteiger partial charge in [-0.25, -0.2) is 9.78 Å². The molecule has 0 bridgehead atoms. The highest BCUT2D eigenvalue weighted by Crippen LogP contribution is 2.35. The van der Waals surface area contributed by atoms with E-state index in [2.05, 4.69) is 25.7 Å². The van der Waals surface area contributed by atoms with E-state index in [-0.39, 0.29) is 5.69 Å². The van der Waals surface area contributed by atoms with Crippen LogP contribution < -0.4 is 10.6 Å². The number of halogens is 3. The first kappa shape index (κ1) is 22.6. The van der Waals surface area contributed by atoms with E-state index in [1.807, 2.05) is 26.0 Å². The molecular weight excluding hydrogens is 453 g/mol. The van der Waals surface area contributed by atoms with Gasteiger partial charge < -0.3 is 10.6 Å². The maximum Gasteiger partial charge on any atom is 0.418 e. The predicted octanol–water partition coefficient (Wildman–Crippen LogP) is 5.81. The number of nitrogens with zero attached hydrogens (tertiary/aromatic N) is 4. The third-order valence-electron chi connectivity index (χ3n) is 4.85. The number of carbonyl (C=O) groups is 1. The molecule has 170 valence electrons. The van der Waals surface area contributed by atoms with Crippen molar-refractivity contribution in [2.45, 2.75) is 36.4 Å². The topological polar surface area (TPSA) is 84.2 Å². The number of hydrogen-bond donors (Lipinski definition) is 2. The molecule has 0 unspecified atom stereocenters. The number of para-hydroxylation sites is 1. The molecule has 0 aliphatic heterocycles. The van der Waals surface area contributed by atoms with Crippen molar-refractivity contribution in [1.82, 2.24) is 19.6 Å². The molecule has 2 N–H and O–H groups in total. The molecule has 7 nitrogen and oxygen atoms in total. The van der Waals surface area contributed by atoms with Crippen LogP contribution in [0.1, 0.15) is 23.7 Å². The van der Waals surface area contributed by atoms with E-state index in [0.717, 1.165) is 33.7 Å². The molecule has 0 fully saturated rings. The Hall–Kier alpha value is -3.60. The van der Waals surface area contributed by atoms with Gasteiger partial charge in [0, 0.05) is 21.8 Å². The number of benzene rings is 2. The maximum atomic E-state index is 13.1. The molecule has 0 spiro atoms. The molecule has 0 saturated carbocycles. The molecule has 0 aliphatic carbocycles. The molecule has 0 saturated heterocycles. The predicted molar refractivity (Wildman–Crippen MR) is 120 cm³/mol. The standard InChI is InChI=1S/C22H19F3N6OS/c1-3-16-13(2)28-20-26-12-27-31(20)19(16)33-15-10-8-14(9-11-15)29-21(32)30-18-7-5-4-6-17(18)22(23,24)25/h4-12H,3H2,1-2H3,(H2,29,30,32). The van der Waals surface area contributed by atoms with Gasteiger partial charge >= 0.3 is 12.2 Å². The van der Waals surface area contributed by atoms with Crippen molar-refractivity contribution in [3.8, 4) is 0 Å². The number of rotatable bonds is 5. The van der Waals surface area contributed by atoms with Crippen LogP contribution in [-0.2, 0) is 12.6 Å². The molecule has 4 rings (SSSR count). The van der Waals surface area contributed by atoms with Crippen molar-refractivity contribution in [2.24, 2.45) is 0 Å². The average molecular weight is 472 g/mol. The number of nitrogens with one attached hydrogen (secondary N) is 2. The Morgan fingerprint density at radius 2 is 1.82 bits per heavy atom. The average Bonchev–Trinajstić information content (AvgIpc) is 3.23. The van der Waals surface area contributed by atoms with Crippen LogP contribution in [0.5, 0.6) is 0 Å². The largest absolute Gasteiger partial charge is 0.418 e. The summed E-state index contributed by atoms with van der Waals surface area (Å²) in [6.07, 6.45) is -2.34. The number of hydrogen-bond acceptors (Lipinski definition) is 5. The highest BCUT2D eigenvalue weighted by atomic mass is 32.2. The van der Waals surface area contributed by atoms with E-state index in [4.69, 9.17) is 0 Å². The third-order valence-corrected chi connectivity index (χ3v) is 5.97.